The number of H-pyrrole nitrogens is 1. The van der Waals surface area contributed by atoms with Crippen LogP contribution in [0.4, 0.5) is 13.2 Å². The largest absolute Gasteiger partial charge is 0.432 e. The predicted octanol–water partition coefficient (Wildman–Crippen LogP) is 1.26. The number of pyridine rings is 1. The highest BCUT2D eigenvalue weighted by Gasteiger charge is 2.35. The van der Waals surface area contributed by atoms with Crippen LogP contribution in [0.2, 0.25) is 0 Å². The Bertz CT molecular complexity index is 466. The molecule has 0 bridgehead atoms. The molecule has 1 aromatic heterocycles. The van der Waals surface area contributed by atoms with Crippen LogP contribution < -0.4 is 11.3 Å². The third-order valence-corrected chi connectivity index (χ3v) is 2.17. The van der Waals surface area contributed by atoms with Crippen molar-refractivity contribution in [2.45, 2.75) is 6.18 Å². The van der Waals surface area contributed by atoms with Crippen LogP contribution in [0.15, 0.2) is 15.3 Å². The molecule has 0 aliphatic carbocycles. The van der Waals surface area contributed by atoms with E-state index < -0.39 is 33.4 Å². The average Bonchev–Trinajstić information content (AvgIpc) is 2.06. The second-order valence-electron chi connectivity index (χ2n) is 2.60. The maximum atomic E-state index is 12.2. The first-order chi connectivity index (χ1) is 6.73. The summed E-state index contributed by atoms with van der Waals surface area (Å²) < 4.78 is 36.3. The van der Waals surface area contributed by atoms with Gasteiger partial charge >= 0.3 is 6.18 Å². The van der Waals surface area contributed by atoms with Gasteiger partial charge in [-0.2, -0.15) is 13.2 Å². The van der Waals surface area contributed by atoms with Crippen molar-refractivity contribution in [1.82, 2.24) is 4.98 Å². The van der Waals surface area contributed by atoms with Gasteiger partial charge in [0.05, 0.1) is 0 Å². The number of aromatic amines is 1. The van der Waals surface area contributed by atoms with Gasteiger partial charge in [0, 0.05) is 4.47 Å². The molecule has 4 nitrogen and oxygen atoms in total. The van der Waals surface area contributed by atoms with E-state index in [9.17, 15) is 22.8 Å². The third-order valence-electron chi connectivity index (χ3n) is 1.54. The van der Waals surface area contributed by atoms with E-state index in [1.807, 2.05) is 0 Å². The number of hydrogen-bond donors (Lipinski definition) is 2. The van der Waals surface area contributed by atoms with Crippen molar-refractivity contribution in [2.75, 3.05) is 0 Å². The second-order valence-corrected chi connectivity index (χ2v) is 3.45. The molecule has 1 amide bonds. The number of amides is 1. The normalized spacial score (nSPS) is 11.5. The minimum atomic E-state index is -4.70. The molecule has 0 aliphatic heterocycles. The quantitative estimate of drug-likeness (QED) is 0.814. The van der Waals surface area contributed by atoms with Crippen molar-refractivity contribution < 1.29 is 18.0 Å². The number of rotatable bonds is 1. The van der Waals surface area contributed by atoms with Crippen molar-refractivity contribution >= 4 is 21.8 Å². The SMILES string of the molecule is NC(=O)c1cc(Br)c(C(F)(F)F)[nH]c1=O. The molecule has 0 fully saturated rings. The fraction of sp³-hybridized carbons (Fsp3) is 0.143. The number of carbonyl (C=O) groups is 1. The van der Waals surface area contributed by atoms with Crippen molar-refractivity contribution in [1.29, 1.82) is 0 Å². The van der Waals surface area contributed by atoms with Gasteiger partial charge < -0.3 is 10.7 Å². The molecule has 8 heteroatoms. The lowest BCUT2D eigenvalue weighted by molar-refractivity contribution is -0.141. The summed E-state index contributed by atoms with van der Waals surface area (Å²) in [5, 5.41) is 0. The van der Waals surface area contributed by atoms with Crippen LogP contribution in [0.25, 0.3) is 0 Å². The Balaban J connectivity index is 3.46. The van der Waals surface area contributed by atoms with E-state index in [0.29, 0.717) is 0 Å². The lowest BCUT2D eigenvalue weighted by atomic mass is 10.2. The van der Waals surface area contributed by atoms with E-state index in [2.05, 4.69) is 15.9 Å². The van der Waals surface area contributed by atoms with Gasteiger partial charge in [-0.1, -0.05) is 0 Å². The number of hydrogen-bond acceptors (Lipinski definition) is 2. The Morgan fingerprint density at radius 3 is 2.40 bits per heavy atom. The van der Waals surface area contributed by atoms with Gasteiger partial charge in [-0.15, -0.1) is 0 Å². The molecule has 0 spiro atoms. The third kappa shape index (κ3) is 2.38. The summed E-state index contributed by atoms with van der Waals surface area (Å²) in [5.74, 6) is -1.09. The minimum absolute atomic E-state index is 0.441. The van der Waals surface area contributed by atoms with Crippen molar-refractivity contribution in [3.05, 3.63) is 32.2 Å². The van der Waals surface area contributed by atoms with Gasteiger partial charge in [0.2, 0.25) is 0 Å². The zero-order chi connectivity index (χ0) is 11.8. The number of carbonyl (C=O) groups excluding carboxylic acids is 1. The summed E-state index contributed by atoms with van der Waals surface area (Å²) in [6.07, 6.45) is -4.70. The second kappa shape index (κ2) is 3.69. The molecule has 0 aromatic carbocycles. The summed E-state index contributed by atoms with van der Waals surface area (Å²) in [4.78, 5) is 23.2. The van der Waals surface area contributed by atoms with Crippen LogP contribution in [0.1, 0.15) is 16.1 Å². The van der Waals surface area contributed by atoms with E-state index in [1.54, 1.807) is 0 Å². The lowest BCUT2D eigenvalue weighted by Gasteiger charge is -2.08. The van der Waals surface area contributed by atoms with Gasteiger partial charge in [-0.3, -0.25) is 9.59 Å². The van der Waals surface area contributed by atoms with Crippen LogP contribution in [0.5, 0.6) is 0 Å². The highest BCUT2D eigenvalue weighted by molar-refractivity contribution is 9.10. The standard InChI is InChI=1S/C7H4BrF3N2O2/c8-3-1-2(5(12)14)6(15)13-4(3)7(9,10)11/h1H,(H2,12,14)(H,13,15). The van der Waals surface area contributed by atoms with Crippen molar-refractivity contribution in [2.24, 2.45) is 5.73 Å². The van der Waals surface area contributed by atoms with Gasteiger partial charge in [0.1, 0.15) is 11.3 Å². The topological polar surface area (TPSA) is 76.0 Å². The van der Waals surface area contributed by atoms with Crippen LogP contribution in [-0.2, 0) is 6.18 Å². The number of nitrogens with one attached hydrogen (secondary N) is 1. The maximum Gasteiger partial charge on any atom is 0.432 e. The molecule has 15 heavy (non-hydrogen) atoms. The first-order valence-corrected chi connectivity index (χ1v) is 4.32. The Kier molecular flexibility index (Phi) is 2.89. The number of aromatic nitrogens is 1. The molecule has 1 rings (SSSR count). The summed E-state index contributed by atoms with van der Waals surface area (Å²) >= 11 is 2.59. The van der Waals surface area contributed by atoms with Crippen LogP contribution >= 0.6 is 15.9 Å². The molecular weight excluding hydrogens is 281 g/mol. The molecule has 1 heterocycles. The number of halogens is 4. The molecule has 0 unspecified atom stereocenters. The molecule has 0 saturated heterocycles. The predicted molar refractivity (Wildman–Crippen MR) is 48.3 cm³/mol. The van der Waals surface area contributed by atoms with Gasteiger partial charge in [0.15, 0.2) is 0 Å². The monoisotopic (exact) mass is 284 g/mol. The van der Waals surface area contributed by atoms with Crippen LogP contribution in [0, 0.1) is 0 Å². The number of nitrogens with two attached hydrogens (primary N) is 1. The highest BCUT2D eigenvalue weighted by atomic mass is 79.9. The van der Waals surface area contributed by atoms with E-state index in [-0.39, 0.29) is 0 Å². The zero-order valence-electron chi connectivity index (χ0n) is 6.98. The molecule has 0 atom stereocenters. The fourth-order valence-corrected chi connectivity index (χ4v) is 1.45. The average molecular weight is 285 g/mol. The first-order valence-electron chi connectivity index (χ1n) is 3.53. The number of primary amides is 1. The van der Waals surface area contributed by atoms with Crippen LogP contribution in [0.3, 0.4) is 0 Å². The van der Waals surface area contributed by atoms with Crippen molar-refractivity contribution in [3.63, 3.8) is 0 Å². The van der Waals surface area contributed by atoms with E-state index in [1.165, 1.54) is 4.98 Å². The van der Waals surface area contributed by atoms with Gasteiger partial charge in [-0.25, -0.2) is 0 Å². The molecule has 0 saturated carbocycles. The lowest BCUT2D eigenvalue weighted by Crippen LogP contribution is -2.26. The maximum absolute atomic E-state index is 12.2. The first kappa shape index (κ1) is 11.8. The summed E-state index contributed by atoms with van der Waals surface area (Å²) in [6.45, 7) is 0. The van der Waals surface area contributed by atoms with Crippen molar-refractivity contribution in [3.8, 4) is 0 Å². The fourth-order valence-electron chi connectivity index (χ4n) is 0.894. The smallest absolute Gasteiger partial charge is 0.365 e. The Hall–Kier alpha value is -1.31. The Labute approximate surface area is 89.4 Å². The summed E-state index contributed by atoms with van der Waals surface area (Å²) in [6, 6.07) is 0.740. The molecule has 0 radical (unpaired) electrons. The van der Waals surface area contributed by atoms with E-state index in [4.69, 9.17) is 5.73 Å². The molecular formula is C7H4BrF3N2O2. The minimum Gasteiger partial charge on any atom is -0.365 e. The molecule has 3 N–H and O–H groups in total. The molecule has 1 aromatic rings. The highest BCUT2D eigenvalue weighted by Crippen LogP contribution is 2.32. The van der Waals surface area contributed by atoms with E-state index in [0.717, 1.165) is 6.07 Å². The van der Waals surface area contributed by atoms with E-state index >= 15 is 0 Å². The Morgan fingerprint density at radius 2 is 2.00 bits per heavy atom. The summed E-state index contributed by atoms with van der Waals surface area (Å²) in [7, 11) is 0. The Morgan fingerprint density at radius 1 is 1.47 bits per heavy atom. The van der Waals surface area contributed by atoms with Crippen LogP contribution in [-0.4, -0.2) is 10.9 Å². The number of alkyl halides is 3. The van der Waals surface area contributed by atoms with Gasteiger partial charge in [-0.05, 0) is 22.0 Å². The molecule has 82 valence electrons. The molecule has 0 aliphatic rings. The summed E-state index contributed by atoms with van der Waals surface area (Å²) in [5.41, 5.74) is 1.83. The zero-order valence-corrected chi connectivity index (χ0v) is 8.57. The van der Waals surface area contributed by atoms with Gasteiger partial charge in [0.25, 0.3) is 11.5 Å².